The summed E-state index contributed by atoms with van der Waals surface area (Å²) < 4.78 is 0. The van der Waals surface area contributed by atoms with Crippen LogP contribution in [0.4, 0.5) is 0 Å². The van der Waals surface area contributed by atoms with Gasteiger partial charge in [-0.25, -0.2) is 4.98 Å². The number of nitrogens with one attached hydrogen (secondary N) is 1. The highest BCUT2D eigenvalue weighted by Gasteiger charge is 2.10. The molecule has 27 heavy (non-hydrogen) atoms. The topological polar surface area (TPSA) is 28.7 Å². The van der Waals surface area contributed by atoms with Crippen molar-refractivity contribution < 1.29 is 0 Å². The molecule has 0 bridgehead atoms. The Hall–Kier alpha value is -2.58. The first kappa shape index (κ1) is 17.8. The Kier molecular flexibility index (Phi) is 5.00. The number of rotatable bonds is 5. The van der Waals surface area contributed by atoms with Crippen molar-refractivity contribution in [3.05, 3.63) is 88.7 Å². The zero-order chi connectivity index (χ0) is 18.8. The second kappa shape index (κ2) is 7.58. The number of fused-ring (bicyclic) bond motifs is 1. The minimum absolute atomic E-state index is 0.493. The third-order valence-electron chi connectivity index (χ3n) is 4.96. The molecule has 0 aliphatic heterocycles. The lowest BCUT2D eigenvalue weighted by Gasteiger charge is -2.12. The van der Waals surface area contributed by atoms with Gasteiger partial charge in [0.05, 0.1) is 11.0 Å². The number of aromatic nitrogens is 2. The van der Waals surface area contributed by atoms with E-state index in [1.54, 1.807) is 0 Å². The second-order valence-corrected chi connectivity index (χ2v) is 7.72. The molecule has 2 nitrogen and oxygen atoms in total. The molecule has 0 saturated heterocycles. The molecule has 3 aromatic carbocycles. The molecule has 1 aromatic heterocycles. The van der Waals surface area contributed by atoms with Crippen molar-refractivity contribution in [1.29, 1.82) is 0 Å². The van der Waals surface area contributed by atoms with Crippen LogP contribution in [-0.2, 0) is 12.8 Å². The first-order valence-electron chi connectivity index (χ1n) is 9.42. The molecule has 0 aliphatic rings. The number of nitrogens with zero attached hydrogens (tertiary/aromatic N) is 1. The van der Waals surface area contributed by atoms with E-state index >= 15 is 0 Å². The standard InChI is InChI=1S/C24H23ClN2/c1-16(2)20-8-3-4-9-21(20)18-11-12-22-23(15-18)27-24(26-22)13-10-17-6-5-7-19(25)14-17/h3-9,11-12,14-16H,10,13H2,1-2H3,(H,26,27). The number of H-pyrrole nitrogens is 1. The van der Waals surface area contributed by atoms with Gasteiger partial charge in [0.25, 0.3) is 0 Å². The highest BCUT2D eigenvalue weighted by Crippen LogP contribution is 2.30. The molecule has 1 N–H and O–H groups in total. The van der Waals surface area contributed by atoms with Gasteiger partial charge in [-0.3, -0.25) is 0 Å². The number of aromatic amines is 1. The zero-order valence-corrected chi connectivity index (χ0v) is 16.4. The Bertz CT molecular complexity index is 1080. The number of benzene rings is 3. The fraction of sp³-hybridized carbons (Fsp3) is 0.208. The zero-order valence-electron chi connectivity index (χ0n) is 15.7. The van der Waals surface area contributed by atoms with Crippen LogP contribution in [0.2, 0.25) is 5.02 Å². The Morgan fingerprint density at radius 3 is 2.59 bits per heavy atom. The highest BCUT2D eigenvalue weighted by molar-refractivity contribution is 6.30. The predicted octanol–water partition coefficient (Wildman–Crippen LogP) is 6.79. The van der Waals surface area contributed by atoms with Crippen LogP contribution in [0.3, 0.4) is 0 Å². The van der Waals surface area contributed by atoms with Crippen molar-refractivity contribution in [1.82, 2.24) is 9.97 Å². The van der Waals surface area contributed by atoms with Gasteiger partial charge in [0.1, 0.15) is 5.82 Å². The van der Waals surface area contributed by atoms with Gasteiger partial charge in [0.15, 0.2) is 0 Å². The fourth-order valence-electron chi connectivity index (χ4n) is 3.57. The monoisotopic (exact) mass is 374 g/mol. The van der Waals surface area contributed by atoms with Crippen LogP contribution in [0.15, 0.2) is 66.7 Å². The van der Waals surface area contributed by atoms with E-state index < -0.39 is 0 Å². The molecular formula is C24H23ClN2. The number of hydrogen-bond donors (Lipinski definition) is 1. The van der Waals surface area contributed by atoms with Gasteiger partial charge in [-0.1, -0.05) is 67.9 Å². The van der Waals surface area contributed by atoms with Crippen molar-refractivity contribution in [2.24, 2.45) is 0 Å². The summed E-state index contributed by atoms with van der Waals surface area (Å²) in [5.41, 5.74) is 7.24. The molecule has 0 aliphatic carbocycles. The Labute approximate surface area is 165 Å². The second-order valence-electron chi connectivity index (χ2n) is 7.29. The van der Waals surface area contributed by atoms with Crippen LogP contribution >= 0.6 is 11.6 Å². The molecule has 0 amide bonds. The lowest BCUT2D eigenvalue weighted by Crippen LogP contribution is -1.93. The van der Waals surface area contributed by atoms with E-state index in [2.05, 4.69) is 67.4 Å². The molecule has 0 unspecified atom stereocenters. The van der Waals surface area contributed by atoms with E-state index in [9.17, 15) is 0 Å². The summed E-state index contributed by atoms with van der Waals surface area (Å²) >= 11 is 6.08. The Balaban J connectivity index is 1.61. The average Bonchev–Trinajstić information content (AvgIpc) is 3.08. The lowest BCUT2D eigenvalue weighted by atomic mass is 9.92. The van der Waals surface area contributed by atoms with Crippen LogP contribution in [0, 0.1) is 0 Å². The summed E-state index contributed by atoms with van der Waals surface area (Å²) in [5, 5.41) is 0.783. The van der Waals surface area contributed by atoms with E-state index in [1.807, 2.05) is 18.2 Å². The number of hydrogen-bond acceptors (Lipinski definition) is 1. The Morgan fingerprint density at radius 2 is 1.78 bits per heavy atom. The number of halogens is 1. The molecule has 3 heteroatoms. The molecule has 136 valence electrons. The average molecular weight is 375 g/mol. The summed E-state index contributed by atoms with van der Waals surface area (Å²) in [6.45, 7) is 4.48. The number of aryl methyl sites for hydroxylation is 2. The molecular weight excluding hydrogens is 352 g/mol. The van der Waals surface area contributed by atoms with Crippen LogP contribution in [-0.4, -0.2) is 9.97 Å². The molecule has 0 radical (unpaired) electrons. The van der Waals surface area contributed by atoms with Crippen LogP contribution < -0.4 is 0 Å². The summed E-state index contributed by atoms with van der Waals surface area (Å²) in [7, 11) is 0. The molecule has 0 saturated carbocycles. The van der Waals surface area contributed by atoms with E-state index in [0.29, 0.717) is 5.92 Å². The van der Waals surface area contributed by atoms with Crippen LogP contribution in [0.5, 0.6) is 0 Å². The van der Waals surface area contributed by atoms with Gasteiger partial charge in [-0.2, -0.15) is 0 Å². The fourth-order valence-corrected chi connectivity index (χ4v) is 3.78. The van der Waals surface area contributed by atoms with Crippen molar-refractivity contribution in [3.8, 4) is 11.1 Å². The van der Waals surface area contributed by atoms with Gasteiger partial charge in [-0.05, 0) is 58.9 Å². The quantitative estimate of drug-likeness (QED) is 0.409. The van der Waals surface area contributed by atoms with Gasteiger partial charge in [0.2, 0.25) is 0 Å². The van der Waals surface area contributed by atoms with E-state index in [0.717, 1.165) is 34.7 Å². The minimum Gasteiger partial charge on any atom is -0.342 e. The SMILES string of the molecule is CC(C)c1ccccc1-c1ccc2nc(CCc3cccc(Cl)c3)[nH]c2c1. The van der Waals surface area contributed by atoms with Crippen molar-refractivity contribution >= 4 is 22.6 Å². The van der Waals surface area contributed by atoms with E-state index in [1.165, 1.54) is 22.3 Å². The smallest absolute Gasteiger partial charge is 0.107 e. The van der Waals surface area contributed by atoms with Gasteiger partial charge < -0.3 is 4.98 Å². The van der Waals surface area contributed by atoms with Crippen LogP contribution in [0.1, 0.15) is 36.7 Å². The molecule has 0 atom stereocenters. The van der Waals surface area contributed by atoms with Gasteiger partial charge in [0, 0.05) is 11.4 Å². The normalized spacial score (nSPS) is 11.4. The largest absolute Gasteiger partial charge is 0.342 e. The van der Waals surface area contributed by atoms with Crippen LogP contribution in [0.25, 0.3) is 22.2 Å². The summed E-state index contributed by atoms with van der Waals surface area (Å²) in [4.78, 5) is 8.25. The van der Waals surface area contributed by atoms with E-state index in [-0.39, 0.29) is 0 Å². The molecule has 0 fully saturated rings. The summed E-state index contributed by atoms with van der Waals surface area (Å²) in [5.74, 6) is 1.51. The first-order valence-corrected chi connectivity index (χ1v) is 9.80. The van der Waals surface area contributed by atoms with Gasteiger partial charge in [-0.15, -0.1) is 0 Å². The minimum atomic E-state index is 0.493. The maximum absolute atomic E-state index is 6.08. The summed E-state index contributed by atoms with van der Waals surface area (Å²) in [6, 6.07) is 23.2. The lowest BCUT2D eigenvalue weighted by molar-refractivity contribution is 0.869. The Morgan fingerprint density at radius 1 is 0.926 bits per heavy atom. The molecule has 4 aromatic rings. The maximum Gasteiger partial charge on any atom is 0.107 e. The predicted molar refractivity (Wildman–Crippen MR) is 114 cm³/mol. The van der Waals surface area contributed by atoms with E-state index in [4.69, 9.17) is 16.6 Å². The molecule has 0 spiro atoms. The highest BCUT2D eigenvalue weighted by atomic mass is 35.5. The van der Waals surface area contributed by atoms with Gasteiger partial charge >= 0.3 is 0 Å². The van der Waals surface area contributed by atoms with Crippen molar-refractivity contribution in [2.45, 2.75) is 32.6 Å². The number of imidazole rings is 1. The molecule has 1 heterocycles. The third-order valence-corrected chi connectivity index (χ3v) is 5.20. The van der Waals surface area contributed by atoms with Crippen molar-refractivity contribution in [3.63, 3.8) is 0 Å². The maximum atomic E-state index is 6.08. The first-order chi connectivity index (χ1) is 13.1. The van der Waals surface area contributed by atoms with Crippen molar-refractivity contribution in [2.75, 3.05) is 0 Å². The summed E-state index contributed by atoms with van der Waals surface area (Å²) in [6.07, 6.45) is 1.79. The molecule has 4 rings (SSSR count). The third kappa shape index (κ3) is 3.91.